The highest BCUT2D eigenvalue weighted by molar-refractivity contribution is 5.96. The molecule has 108 valence electrons. The number of carbonyl (C=O) groups is 2. The molecule has 0 saturated heterocycles. The molecule has 0 aliphatic heterocycles. The van der Waals surface area contributed by atoms with E-state index in [1.807, 2.05) is 0 Å². The second-order valence-corrected chi connectivity index (χ2v) is 4.28. The average Bonchev–Trinajstić information content (AvgIpc) is 2.45. The first kappa shape index (κ1) is 14.5. The van der Waals surface area contributed by atoms with E-state index >= 15 is 0 Å². The summed E-state index contributed by atoms with van der Waals surface area (Å²) in [5, 5.41) is 18.2. The number of nitrogens with zero attached hydrogens (tertiary/aromatic N) is 1. The van der Waals surface area contributed by atoms with Gasteiger partial charge in [-0.1, -0.05) is 18.2 Å². The van der Waals surface area contributed by atoms with Gasteiger partial charge in [0.2, 0.25) is 0 Å². The van der Waals surface area contributed by atoms with Crippen LogP contribution in [0.5, 0.6) is 0 Å². The summed E-state index contributed by atoms with van der Waals surface area (Å²) < 4.78 is 13.5. The third kappa shape index (κ3) is 3.36. The van der Waals surface area contributed by atoms with Crippen molar-refractivity contribution in [1.29, 1.82) is 0 Å². The van der Waals surface area contributed by atoms with Crippen LogP contribution in [0, 0.1) is 5.82 Å². The molecule has 0 aliphatic carbocycles. The average molecular weight is 289 g/mol. The van der Waals surface area contributed by atoms with Gasteiger partial charge < -0.3 is 15.1 Å². The maximum atomic E-state index is 13.5. The molecule has 0 aliphatic rings. The number of aliphatic carboxylic acids is 1. The predicted octanol–water partition coefficient (Wildman–Crippen LogP) is 2.75. The smallest absolute Gasteiger partial charge is 0.337 e. The number of carboxylic acids is 2. The Labute approximate surface area is 119 Å². The molecule has 21 heavy (non-hydrogen) atoms. The van der Waals surface area contributed by atoms with Crippen molar-refractivity contribution in [2.45, 2.75) is 0 Å². The number of benzene rings is 2. The second kappa shape index (κ2) is 6.04. The summed E-state index contributed by atoms with van der Waals surface area (Å²) in [6, 6.07) is 11.5. The number of hydrogen-bond acceptors (Lipinski definition) is 3. The minimum Gasteiger partial charge on any atom is -0.480 e. The van der Waals surface area contributed by atoms with E-state index in [9.17, 15) is 19.1 Å². The summed E-state index contributed by atoms with van der Waals surface area (Å²) in [5.41, 5.74) is 0.297. The molecule has 6 heteroatoms. The lowest BCUT2D eigenvalue weighted by Gasteiger charge is -2.24. The molecule has 2 aromatic rings. The van der Waals surface area contributed by atoms with E-state index in [0.717, 1.165) is 18.2 Å². The SMILES string of the molecule is O=C(O)CN(c1ccccc1)c1cc(F)ccc1C(=O)O. The molecule has 2 aromatic carbocycles. The Morgan fingerprint density at radius 3 is 2.29 bits per heavy atom. The zero-order valence-corrected chi connectivity index (χ0v) is 10.9. The van der Waals surface area contributed by atoms with Crippen molar-refractivity contribution >= 4 is 23.3 Å². The molecule has 0 radical (unpaired) electrons. The lowest BCUT2D eigenvalue weighted by Crippen LogP contribution is -2.26. The van der Waals surface area contributed by atoms with Gasteiger partial charge >= 0.3 is 11.9 Å². The molecule has 0 spiro atoms. The Bertz CT molecular complexity index is 673. The second-order valence-electron chi connectivity index (χ2n) is 4.28. The molecule has 0 heterocycles. The molecule has 0 amide bonds. The van der Waals surface area contributed by atoms with Crippen LogP contribution < -0.4 is 4.90 Å². The molecule has 2 rings (SSSR count). The molecular formula is C15H12FNO4. The van der Waals surface area contributed by atoms with Crippen molar-refractivity contribution in [3.63, 3.8) is 0 Å². The summed E-state index contributed by atoms with van der Waals surface area (Å²) >= 11 is 0. The summed E-state index contributed by atoms with van der Waals surface area (Å²) in [6.07, 6.45) is 0. The van der Waals surface area contributed by atoms with Crippen LogP contribution in [0.15, 0.2) is 48.5 Å². The van der Waals surface area contributed by atoms with Crippen LogP contribution in [0.1, 0.15) is 10.4 Å². The van der Waals surface area contributed by atoms with E-state index in [-0.39, 0.29) is 11.3 Å². The molecular weight excluding hydrogens is 277 g/mol. The minimum atomic E-state index is -1.25. The molecule has 0 aromatic heterocycles. The van der Waals surface area contributed by atoms with Crippen LogP contribution >= 0.6 is 0 Å². The molecule has 0 saturated carbocycles. The van der Waals surface area contributed by atoms with Gasteiger partial charge in [-0.3, -0.25) is 4.79 Å². The maximum absolute atomic E-state index is 13.5. The van der Waals surface area contributed by atoms with Gasteiger partial charge in [-0.25, -0.2) is 9.18 Å². The number of carboxylic acid groups (broad SMARTS) is 2. The molecule has 5 nitrogen and oxygen atoms in total. The van der Waals surface area contributed by atoms with Gasteiger partial charge in [0, 0.05) is 5.69 Å². The predicted molar refractivity (Wildman–Crippen MR) is 74.4 cm³/mol. The van der Waals surface area contributed by atoms with Crippen LogP contribution in [0.3, 0.4) is 0 Å². The number of halogens is 1. The monoisotopic (exact) mass is 289 g/mol. The zero-order valence-electron chi connectivity index (χ0n) is 10.9. The Morgan fingerprint density at radius 2 is 1.71 bits per heavy atom. The van der Waals surface area contributed by atoms with Gasteiger partial charge in [0.15, 0.2) is 0 Å². The summed E-state index contributed by atoms with van der Waals surface area (Å²) in [5.74, 6) is -3.04. The highest BCUT2D eigenvalue weighted by Crippen LogP contribution is 2.29. The van der Waals surface area contributed by atoms with Crippen molar-refractivity contribution in [3.8, 4) is 0 Å². The Kier molecular flexibility index (Phi) is 4.18. The van der Waals surface area contributed by atoms with E-state index in [2.05, 4.69) is 0 Å². The van der Waals surface area contributed by atoms with Gasteiger partial charge in [0.05, 0.1) is 11.3 Å². The number of para-hydroxylation sites is 1. The maximum Gasteiger partial charge on any atom is 0.337 e. The topological polar surface area (TPSA) is 77.8 Å². The van der Waals surface area contributed by atoms with Gasteiger partial charge in [-0.15, -0.1) is 0 Å². The van der Waals surface area contributed by atoms with Gasteiger partial charge in [0.25, 0.3) is 0 Å². The van der Waals surface area contributed by atoms with Crippen molar-refractivity contribution in [2.75, 3.05) is 11.4 Å². The lowest BCUT2D eigenvalue weighted by molar-refractivity contribution is -0.135. The first-order valence-corrected chi connectivity index (χ1v) is 6.06. The number of rotatable bonds is 5. The van der Waals surface area contributed by atoms with Crippen molar-refractivity contribution in [1.82, 2.24) is 0 Å². The highest BCUT2D eigenvalue weighted by Gasteiger charge is 2.20. The van der Waals surface area contributed by atoms with E-state index < -0.39 is 24.3 Å². The van der Waals surface area contributed by atoms with Crippen LogP contribution in [0.4, 0.5) is 15.8 Å². The first-order valence-electron chi connectivity index (χ1n) is 6.06. The van der Waals surface area contributed by atoms with Gasteiger partial charge in [-0.2, -0.15) is 0 Å². The van der Waals surface area contributed by atoms with Gasteiger partial charge in [0.1, 0.15) is 12.4 Å². The lowest BCUT2D eigenvalue weighted by atomic mass is 10.1. The molecule has 2 N–H and O–H groups in total. The van der Waals surface area contributed by atoms with E-state index in [1.165, 1.54) is 4.90 Å². The number of hydrogen-bond donors (Lipinski definition) is 2. The summed E-state index contributed by atoms with van der Waals surface area (Å²) in [4.78, 5) is 23.5. The fraction of sp³-hybridized carbons (Fsp3) is 0.0667. The number of anilines is 2. The van der Waals surface area contributed by atoms with Crippen molar-refractivity contribution in [3.05, 3.63) is 59.9 Å². The van der Waals surface area contributed by atoms with Gasteiger partial charge in [-0.05, 0) is 30.3 Å². The van der Waals surface area contributed by atoms with E-state index in [0.29, 0.717) is 5.69 Å². The highest BCUT2D eigenvalue weighted by atomic mass is 19.1. The van der Waals surface area contributed by atoms with Crippen LogP contribution in [0.2, 0.25) is 0 Å². The summed E-state index contributed by atoms with van der Waals surface area (Å²) in [6.45, 7) is -0.478. The normalized spacial score (nSPS) is 10.1. The minimum absolute atomic E-state index is 0.00361. The fourth-order valence-electron chi connectivity index (χ4n) is 1.97. The molecule has 0 bridgehead atoms. The van der Waals surface area contributed by atoms with Crippen LogP contribution in [0.25, 0.3) is 0 Å². The zero-order chi connectivity index (χ0) is 15.4. The number of aromatic carboxylic acids is 1. The standard InChI is InChI=1S/C15H12FNO4/c16-10-6-7-12(15(20)21)13(8-10)17(9-14(18)19)11-4-2-1-3-5-11/h1-8H,9H2,(H,18,19)(H,20,21). The summed E-state index contributed by atoms with van der Waals surface area (Å²) in [7, 11) is 0. The van der Waals surface area contributed by atoms with Crippen molar-refractivity contribution < 1.29 is 24.2 Å². The van der Waals surface area contributed by atoms with Crippen LogP contribution in [-0.4, -0.2) is 28.7 Å². The van der Waals surface area contributed by atoms with E-state index in [1.54, 1.807) is 30.3 Å². The first-order chi connectivity index (χ1) is 9.99. The molecule has 0 fully saturated rings. The Balaban J connectivity index is 2.58. The van der Waals surface area contributed by atoms with E-state index in [4.69, 9.17) is 5.11 Å². The van der Waals surface area contributed by atoms with Crippen LogP contribution in [-0.2, 0) is 4.79 Å². The fourth-order valence-corrected chi connectivity index (χ4v) is 1.97. The Morgan fingerprint density at radius 1 is 1.05 bits per heavy atom. The molecule has 0 unspecified atom stereocenters. The molecule has 0 atom stereocenters. The van der Waals surface area contributed by atoms with Crippen molar-refractivity contribution in [2.24, 2.45) is 0 Å². The quantitative estimate of drug-likeness (QED) is 0.885. The third-order valence-electron chi connectivity index (χ3n) is 2.84. The third-order valence-corrected chi connectivity index (χ3v) is 2.84. The largest absolute Gasteiger partial charge is 0.480 e. The Hall–Kier alpha value is -2.89.